The molecule has 208 valence electrons. The molecule has 2 atom stereocenters. The maximum Gasteiger partial charge on any atom is 0.508 e. The molecule has 1 saturated heterocycles. The molecule has 0 radical (unpaired) electrons. The van der Waals surface area contributed by atoms with Gasteiger partial charge < -0.3 is 24.2 Å². The molecule has 7 rings (SSSR count). The van der Waals surface area contributed by atoms with E-state index in [0.717, 1.165) is 21.6 Å². The van der Waals surface area contributed by atoms with E-state index in [1.54, 1.807) is 15.6 Å². The van der Waals surface area contributed by atoms with E-state index in [4.69, 9.17) is 14.6 Å². The van der Waals surface area contributed by atoms with Crippen LogP contribution in [0.15, 0.2) is 71.0 Å². The van der Waals surface area contributed by atoms with Gasteiger partial charge in [0.25, 0.3) is 5.91 Å². The first-order chi connectivity index (χ1) is 20.0. The fourth-order valence-electron chi connectivity index (χ4n) is 5.96. The monoisotopic (exact) mass is 575 g/mol. The van der Waals surface area contributed by atoms with Gasteiger partial charge in [-0.25, -0.2) is 9.18 Å². The van der Waals surface area contributed by atoms with E-state index >= 15 is 4.39 Å². The first kappa shape index (κ1) is 25.3. The molecule has 2 aromatic carbocycles. The quantitative estimate of drug-likeness (QED) is 0.284. The number of carboxylic acid groups (broad SMARTS) is 1. The van der Waals surface area contributed by atoms with Gasteiger partial charge in [0, 0.05) is 34.8 Å². The van der Waals surface area contributed by atoms with Gasteiger partial charge in [-0.2, -0.15) is 0 Å². The number of nitrogens with zero attached hydrogens (tertiary/aromatic N) is 3. The van der Waals surface area contributed by atoms with Gasteiger partial charge in [0.2, 0.25) is 18.0 Å². The highest BCUT2D eigenvalue weighted by molar-refractivity contribution is 7.14. The average molecular weight is 576 g/mol. The molecule has 1 fully saturated rings. The maximum absolute atomic E-state index is 15.8. The van der Waals surface area contributed by atoms with Crippen LogP contribution in [-0.4, -0.2) is 59.5 Å². The minimum absolute atomic E-state index is 0.0842. The Kier molecular flexibility index (Phi) is 6.02. The third-order valence-corrected chi connectivity index (χ3v) is 8.53. The van der Waals surface area contributed by atoms with Crippen molar-refractivity contribution < 1.29 is 33.3 Å². The predicted octanol–water partition coefficient (Wildman–Crippen LogP) is 4.27. The molecule has 2 aromatic heterocycles. The second kappa shape index (κ2) is 9.75. The average Bonchev–Trinajstić information content (AvgIpc) is 3.41. The number of hydrogen-bond donors (Lipinski definition) is 1. The maximum atomic E-state index is 15.8. The van der Waals surface area contributed by atoms with E-state index in [2.05, 4.69) is 4.74 Å². The molecule has 12 heteroatoms. The first-order valence-electron chi connectivity index (χ1n) is 12.8. The van der Waals surface area contributed by atoms with Crippen LogP contribution in [0.25, 0.3) is 21.6 Å². The van der Waals surface area contributed by atoms with E-state index in [1.165, 1.54) is 29.7 Å². The van der Waals surface area contributed by atoms with Crippen LogP contribution in [0.3, 0.4) is 0 Å². The molecule has 0 spiro atoms. The van der Waals surface area contributed by atoms with E-state index in [9.17, 15) is 14.4 Å². The molecular formula is C29H22FN3O7S. The zero-order valence-electron chi connectivity index (χ0n) is 21.4. The first-order valence-corrected chi connectivity index (χ1v) is 13.7. The summed E-state index contributed by atoms with van der Waals surface area (Å²) in [6, 6.07) is 15.3. The largest absolute Gasteiger partial charge is 0.508 e. The molecule has 0 saturated carbocycles. The Morgan fingerprint density at radius 3 is 2.76 bits per heavy atom. The number of morpholine rings is 1. The van der Waals surface area contributed by atoms with E-state index < -0.39 is 36.5 Å². The lowest BCUT2D eigenvalue weighted by Crippen LogP contribution is -2.66. The number of carbonyl (C=O) groups is 2. The summed E-state index contributed by atoms with van der Waals surface area (Å²) in [4.78, 5) is 40.3. The highest BCUT2D eigenvalue weighted by Gasteiger charge is 2.46. The van der Waals surface area contributed by atoms with Crippen LogP contribution < -0.4 is 15.2 Å². The van der Waals surface area contributed by atoms with Crippen LogP contribution in [0.1, 0.15) is 27.7 Å². The van der Waals surface area contributed by atoms with Crippen molar-refractivity contribution in [3.8, 4) is 27.3 Å². The zero-order chi connectivity index (χ0) is 28.2. The SMILES string of the molecule is O=C(O)OCOc1c2n(ccc1=O)N([C@H]1c3ccccc3-c3sccc3-c3c(F)cccc31)[C@@H]1COCCN1C2=O. The topological polar surface area (TPSA) is 111 Å². The van der Waals surface area contributed by atoms with Crippen molar-refractivity contribution in [3.05, 3.63) is 99.0 Å². The number of pyridine rings is 1. The van der Waals surface area contributed by atoms with Crippen LogP contribution in [0.4, 0.5) is 9.18 Å². The van der Waals surface area contributed by atoms with Crippen molar-refractivity contribution in [1.82, 2.24) is 9.58 Å². The van der Waals surface area contributed by atoms with E-state index in [-0.39, 0.29) is 37.0 Å². The molecule has 1 aliphatic carbocycles. The fraction of sp³-hybridized carbons (Fsp3) is 0.207. The Bertz CT molecular complexity index is 1770. The van der Waals surface area contributed by atoms with Gasteiger partial charge in [-0.3, -0.25) is 19.3 Å². The summed E-state index contributed by atoms with van der Waals surface area (Å²) in [5.74, 6) is -1.19. The summed E-state index contributed by atoms with van der Waals surface area (Å²) in [7, 11) is 0. The molecule has 41 heavy (non-hydrogen) atoms. The molecule has 2 aliphatic heterocycles. The summed E-state index contributed by atoms with van der Waals surface area (Å²) in [5, 5.41) is 12.7. The lowest BCUT2D eigenvalue weighted by atomic mass is 9.92. The highest BCUT2D eigenvalue weighted by atomic mass is 32.1. The summed E-state index contributed by atoms with van der Waals surface area (Å²) in [6.45, 7) is -0.0796. The van der Waals surface area contributed by atoms with E-state index in [1.807, 2.05) is 46.8 Å². The number of hydrogen-bond acceptors (Lipinski definition) is 8. The summed E-state index contributed by atoms with van der Waals surface area (Å²) >= 11 is 1.52. The number of ether oxygens (including phenoxy) is 3. The number of carbonyl (C=O) groups excluding carboxylic acids is 1. The van der Waals surface area contributed by atoms with Crippen LogP contribution in [0.5, 0.6) is 5.75 Å². The number of rotatable bonds is 4. The van der Waals surface area contributed by atoms with Crippen LogP contribution in [-0.2, 0) is 9.47 Å². The highest BCUT2D eigenvalue weighted by Crippen LogP contribution is 2.50. The van der Waals surface area contributed by atoms with Crippen LogP contribution in [0, 0.1) is 5.82 Å². The molecule has 3 aliphatic rings. The molecule has 1 N–H and O–H groups in total. The van der Waals surface area contributed by atoms with Gasteiger partial charge in [-0.15, -0.1) is 11.3 Å². The molecule has 1 amide bonds. The Morgan fingerprint density at radius 1 is 1.07 bits per heavy atom. The molecule has 10 nitrogen and oxygen atoms in total. The van der Waals surface area contributed by atoms with Gasteiger partial charge in [-0.05, 0) is 34.2 Å². The minimum atomic E-state index is -1.59. The van der Waals surface area contributed by atoms with Gasteiger partial charge >= 0.3 is 6.16 Å². The number of amides is 1. The lowest BCUT2D eigenvalue weighted by Gasteiger charge is -2.51. The molecule has 4 heterocycles. The normalized spacial score (nSPS) is 18.8. The zero-order valence-corrected chi connectivity index (χ0v) is 22.2. The van der Waals surface area contributed by atoms with Crippen molar-refractivity contribution in [1.29, 1.82) is 0 Å². The second-order valence-corrected chi connectivity index (χ2v) is 10.6. The van der Waals surface area contributed by atoms with Crippen molar-refractivity contribution in [2.75, 3.05) is 31.6 Å². The lowest BCUT2D eigenvalue weighted by molar-refractivity contribution is -0.0206. The van der Waals surface area contributed by atoms with Crippen molar-refractivity contribution in [3.63, 3.8) is 0 Å². The van der Waals surface area contributed by atoms with E-state index in [0.29, 0.717) is 11.1 Å². The van der Waals surface area contributed by atoms with Crippen molar-refractivity contribution in [2.45, 2.75) is 12.2 Å². The number of thiophene rings is 1. The standard InChI is InChI=1S/C29H22FN3O7S/c30-20-7-3-6-18-23(20)19-9-13-41-27(19)17-5-2-1-4-16(17)24(18)33-22-14-38-12-11-31(22)28(35)25-26(39-15-40-29(36)37)21(34)8-10-32(25)33/h1-10,13,22,24H,11-12,14-15H2,(H,36,37)/t22-,24+/m1/s1. The van der Waals surface area contributed by atoms with Crippen LogP contribution in [0.2, 0.25) is 0 Å². The number of aromatic nitrogens is 1. The Balaban J connectivity index is 1.51. The minimum Gasteiger partial charge on any atom is -0.451 e. The number of benzene rings is 2. The third-order valence-electron chi connectivity index (χ3n) is 7.58. The predicted molar refractivity (Wildman–Crippen MR) is 146 cm³/mol. The Labute approximate surface area is 236 Å². The Morgan fingerprint density at radius 2 is 1.90 bits per heavy atom. The smallest absolute Gasteiger partial charge is 0.451 e. The molecule has 4 aromatic rings. The van der Waals surface area contributed by atoms with Gasteiger partial charge in [0.05, 0.1) is 19.3 Å². The van der Waals surface area contributed by atoms with Gasteiger partial charge in [-0.1, -0.05) is 36.4 Å². The molecular weight excluding hydrogens is 553 g/mol. The Hall–Kier alpha value is -4.68. The molecule has 0 bridgehead atoms. The summed E-state index contributed by atoms with van der Waals surface area (Å²) in [5.41, 5.74) is 3.01. The fourth-order valence-corrected chi connectivity index (χ4v) is 6.91. The van der Waals surface area contributed by atoms with Gasteiger partial charge in [0.15, 0.2) is 5.69 Å². The third kappa shape index (κ3) is 3.90. The van der Waals surface area contributed by atoms with Crippen molar-refractivity contribution >= 4 is 23.4 Å². The van der Waals surface area contributed by atoms with Gasteiger partial charge in [0.1, 0.15) is 12.0 Å². The summed E-state index contributed by atoms with van der Waals surface area (Å²) < 4.78 is 33.1. The molecule has 0 unspecified atom stereocenters. The summed E-state index contributed by atoms with van der Waals surface area (Å²) in [6.07, 6.45) is -0.716. The second-order valence-electron chi connectivity index (χ2n) is 9.67. The number of halogens is 1. The number of fused-ring (bicyclic) bond motifs is 7. The van der Waals surface area contributed by atoms with Crippen molar-refractivity contribution in [2.24, 2.45) is 0 Å². The van der Waals surface area contributed by atoms with Crippen LogP contribution >= 0.6 is 11.3 Å².